The van der Waals surface area contributed by atoms with Crippen LogP contribution in [-0.2, 0) is 49.6 Å². The minimum Gasteiger partial charge on any atom is -0.477 e. The van der Waals surface area contributed by atoms with Gasteiger partial charge in [-0.05, 0) is 116 Å². The Morgan fingerprint density at radius 3 is 1.96 bits per heavy atom. The maximum atomic E-state index is 14.2. The Bertz CT molecular complexity index is 2110. The number of rotatable bonds is 35. The Morgan fingerprint density at radius 2 is 1.37 bits per heavy atom. The molecule has 1 saturated heterocycles. The molecule has 2 rings (SSSR count). The summed E-state index contributed by atoms with van der Waals surface area (Å²) in [6, 6.07) is -1.99. The number of aliphatic imine (C=N–C) groups is 1. The number of carboxylic acid groups (broad SMARTS) is 1. The van der Waals surface area contributed by atoms with Crippen LogP contribution in [0.15, 0.2) is 41.0 Å². The minimum atomic E-state index is -1.52. The van der Waals surface area contributed by atoms with Crippen LogP contribution in [0.4, 0.5) is 0 Å². The fourth-order valence-electron chi connectivity index (χ4n) is 7.82. The summed E-state index contributed by atoms with van der Waals surface area (Å²) in [6.07, 6.45) is 3.13. The van der Waals surface area contributed by atoms with Crippen molar-refractivity contribution in [1.82, 2.24) is 47.4 Å². The predicted octanol–water partition coefficient (Wildman–Crippen LogP) is -4.91. The Kier molecular flexibility index (Phi) is 30.1. The minimum absolute atomic E-state index is 0.0408. The van der Waals surface area contributed by atoms with Crippen LogP contribution >= 0.6 is 11.6 Å². The molecule has 1 aromatic rings. The van der Waals surface area contributed by atoms with E-state index in [9.17, 15) is 53.4 Å². The van der Waals surface area contributed by atoms with Gasteiger partial charge >= 0.3 is 5.97 Å². The highest BCUT2D eigenvalue weighted by Crippen LogP contribution is 2.21. The lowest BCUT2D eigenvalue weighted by atomic mass is 10.0. The lowest BCUT2D eigenvalue weighted by Gasteiger charge is -2.30. The van der Waals surface area contributed by atoms with E-state index in [0.717, 1.165) is 0 Å². The first kappa shape index (κ1) is 64.6. The average molecular weight is 1080 g/mol. The highest BCUT2D eigenvalue weighted by atomic mass is 35.5. The Morgan fingerprint density at radius 1 is 0.760 bits per heavy atom. The number of aliphatic hydroxyl groups excluding tert-OH is 1. The van der Waals surface area contributed by atoms with Crippen molar-refractivity contribution in [1.29, 1.82) is 0 Å². The maximum absolute atomic E-state index is 14.2. The van der Waals surface area contributed by atoms with E-state index in [0.29, 0.717) is 55.7 Å². The number of halogens is 1. The molecule has 8 atom stereocenters. The molecule has 0 bridgehead atoms. The lowest BCUT2D eigenvalue weighted by Crippen LogP contribution is -2.60. The highest BCUT2D eigenvalue weighted by molar-refractivity contribution is 6.30. The molecule has 1 fully saturated rings. The molecule has 28 heteroatoms. The fraction of sp³-hybridized carbons (Fsp3) is 0.617. The summed E-state index contributed by atoms with van der Waals surface area (Å²) in [4.78, 5) is 126. The average Bonchev–Trinajstić information content (AvgIpc) is 3.88. The second-order valence-electron chi connectivity index (χ2n) is 17.8. The van der Waals surface area contributed by atoms with Crippen LogP contribution in [0.1, 0.15) is 83.1 Å². The summed E-state index contributed by atoms with van der Waals surface area (Å²) in [7, 11) is 1.56. The topological polar surface area (TPSA) is 462 Å². The van der Waals surface area contributed by atoms with Crippen molar-refractivity contribution in [2.24, 2.45) is 39.4 Å². The van der Waals surface area contributed by atoms with E-state index in [2.05, 4.69) is 47.5 Å². The molecule has 0 spiro atoms. The van der Waals surface area contributed by atoms with E-state index >= 15 is 0 Å². The largest absolute Gasteiger partial charge is 0.477 e. The number of likely N-dealkylation sites (N-methyl/N-ethyl adjacent to an activating group) is 1. The number of hydrogen-bond acceptors (Lipinski definition) is 16. The van der Waals surface area contributed by atoms with Gasteiger partial charge in [-0.1, -0.05) is 36.2 Å². The number of benzene rings is 1. The predicted molar refractivity (Wildman–Crippen MR) is 279 cm³/mol. The van der Waals surface area contributed by atoms with Gasteiger partial charge in [-0.25, -0.2) is 4.79 Å². The molecule has 8 amide bonds. The second kappa shape index (κ2) is 34.9. The molecule has 1 aliphatic heterocycles. The summed E-state index contributed by atoms with van der Waals surface area (Å²) in [5.74, 6) is -7.78. The zero-order valence-electron chi connectivity index (χ0n) is 42.7. The van der Waals surface area contributed by atoms with Crippen LogP contribution in [0.3, 0.4) is 0 Å². The van der Waals surface area contributed by atoms with Crippen molar-refractivity contribution in [3.05, 3.63) is 46.6 Å². The number of aliphatic hydroxyl groups is 1. The van der Waals surface area contributed by atoms with Crippen LogP contribution in [0.5, 0.6) is 0 Å². The molecule has 1 aliphatic rings. The monoisotopic (exact) mass is 1080 g/mol. The third-order valence-electron chi connectivity index (χ3n) is 12.0. The van der Waals surface area contributed by atoms with E-state index in [-0.39, 0.29) is 70.7 Å². The van der Waals surface area contributed by atoms with E-state index in [1.54, 1.807) is 31.3 Å². The fourth-order valence-corrected chi connectivity index (χ4v) is 7.95. The number of nitrogens with two attached hydrogens (primary N) is 6. The molecule has 0 aromatic heterocycles. The van der Waals surface area contributed by atoms with Gasteiger partial charge in [-0.15, -0.1) is 0 Å². The smallest absolute Gasteiger partial charge is 0.352 e. The van der Waals surface area contributed by atoms with Crippen molar-refractivity contribution in [3.8, 4) is 0 Å². The van der Waals surface area contributed by atoms with E-state index in [1.165, 1.54) is 17.9 Å². The summed E-state index contributed by atoms with van der Waals surface area (Å²) in [6.45, 7) is 1.26. The van der Waals surface area contributed by atoms with Crippen molar-refractivity contribution in [2.75, 3.05) is 52.9 Å². The second-order valence-corrected chi connectivity index (χ2v) is 18.3. The number of nitrogens with zero attached hydrogens (tertiary/aromatic N) is 2. The first-order valence-corrected chi connectivity index (χ1v) is 25.4. The number of likely N-dealkylation sites (tertiary alicyclic amines) is 1. The van der Waals surface area contributed by atoms with Gasteiger partial charge in [0.15, 0.2) is 5.96 Å². The SMILES string of the molecule is CN[C@@H](CCCCN)C(=O)N[C@H](C(=O)N[C@@H](C)C(=O)NCC(=O)N[C@H](CCCN)C(=O)N1CCC[C@H]1C(=O)N[C@@H](Cc1ccc(Cl)cc1)C(=O)N[C@@H](CCCCN)C(=O)N/C(=C\CCN=C(N)N)C(=O)O)[C@@H](O)CN. The molecule has 0 radical (unpaired) electrons. The van der Waals surface area contributed by atoms with Crippen LogP contribution in [0, 0.1) is 0 Å². The Labute approximate surface area is 441 Å². The number of amides is 8. The molecule has 22 N–H and O–H groups in total. The van der Waals surface area contributed by atoms with E-state index < -0.39 is 120 Å². The van der Waals surface area contributed by atoms with E-state index in [4.69, 9.17) is 46.0 Å². The van der Waals surface area contributed by atoms with Crippen LogP contribution < -0.4 is 76.9 Å². The third kappa shape index (κ3) is 23.3. The van der Waals surface area contributed by atoms with Gasteiger partial charge < -0.3 is 92.0 Å². The standard InChI is InChI=1S/C47H79ClN16O11/c1-27(58-44(72)38(36(65)25-52)63-40(68)30(55-2)10-3-5-19-49)39(67)57-26-37(66)59-32(12-7-21-51)45(73)64-23-9-14-35(64)43(71)62-34(24-28-15-17-29(48)18-16-28)42(70)60-31(11-4-6-20-50)41(69)61-33(46(74)75)13-8-22-56-47(53)54/h13,15-18,27,30-32,34-36,38,55,65H,3-12,14,19-26,49-52H2,1-2H3,(H,57,67)(H,58,72)(H,59,66)(H,60,70)(H,61,69)(H,62,71)(H,63,68)(H,74,75)(H4,53,54,56)/b33-13-/t27-,30-,31-,32+,34-,35-,36-,38-/m0/s1. The van der Waals surface area contributed by atoms with Gasteiger partial charge in [-0.2, -0.15) is 0 Å². The first-order valence-electron chi connectivity index (χ1n) is 25.0. The molecule has 0 aliphatic carbocycles. The lowest BCUT2D eigenvalue weighted by molar-refractivity contribution is -0.142. The number of carboxylic acids is 1. The Hall–Kier alpha value is -6.49. The van der Waals surface area contributed by atoms with Gasteiger partial charge in [0, 0.05) is 31.1 Å². The quantitative estimate of drug-likeness (QED) is 0.0131. The third-order valence-corrected chi connectivity index (χ3v) is 12.2. The van der Waals surface area contributed by atoms with Crippen LogP contribution in [0.2, 0.25) is 5.02 Å². The molecule has 0 saturated carbocycles. The van der Waals surface area contributed by atoms with Crippen LogP contribution in [-0.4, -0.2) is 176 Å². The number of aliphatic carboxylic acids is 1. The molecular weight excluding hydrogens is 1000 g/mol. The van der Waals surface area contributed by atoms with E-state index in [1.807, 2.05) is 0 Å². The molecular formula is C47H79ClN16O11. The number of carbonyl (C=O) groups is 9. The highest BCUT2D eigenvalue weighted by Gasteiger charge is 2.40. The van der Waals surface area contributed by atoms with Gasteiger partial charge in [0.25, 0.3) is 0 Å². The maximum Gasteiger partial charge on any atom is 0.352 e. The molecule has 0 unspecified atom stereocenters. The first-order chi connectivity index (χ1) is 35.7. The number of nitrogens with one attached hydrogen (secondary N) is 8. The number of guanidine groups is 1. The molecule has 1 aromatic carbocycles. The summed E-state index contributed by atoms with van der Waals surface area (Å²) in [5, 5.41) is 41.2. The zero-order chi connectivity index (χ0) is 56.0. The summed E-state index contributed by atoms with van der Waals surface area (Å²) < 4.78 is 0. The van der Waals surface area contributed by atoms with Crippen molar-refractivity contribution in [2.45, 2.75) is 132 Å². The summed E-state index contributed by atoms with van der Waals surface area (Å²) in [5.41, 5.74) is 33.4. The number of hydrogen-bond donors (Lipinski definition) is 16. The van der Waals surface area contributed by atoms with Crippen molar-refractivity contribution >= 4 is 70.8 Å². The molecule has 75 heavy (non-hydrogen) atoms. The Balaban J connectivity index is 2.25. The van der Waals surface area contributed by atoms with Gasteiger partial charge in [-0.3, -0.25) is 43.3 Å². The van der Waals surface area contributed by atoms with Gasteiger partial charge in [0.05, 0.1) is 18.7 Å². The number of carbonyl (C=O) groups excluding carboxylic acids is 8. The van der Waals surface area contributed by atoms with Gasteiger partial charge in [0.1, 0.15) is 41.9 Å². The molecule has 27 nitrogen and oxygen atoms in total. The van der Waals surface area contributed by atoms with Gasteiger partial charge in [0.2, 0.25) is 47.3 Å². The van der Waals surface area contributed by atoms with Crippen molar-refractivity contribution in [3.63, 3.8) is 0 Å². The molecule has 420 valence electrons. The molecule has 1 heterocycles. The summed E-state index contributed by atoms with van der Waals surface area (Å²) >= 11 is 6.12. The zero-order valence-corrected chi connectivity index (χ0v) is 43.5. The number of unbranched alkanes of at least 4 members (excludes halogenated alkanes) is 2. The van der Waals surface area contributed by atoms with Crippen molar-refractivity contribution < 1.29 is 53.4 Å². The van der Waals surface area contributed by atoms with Crippen LogP contribution in [0.25, 0.3) is 0 Å². The normalized spacial score (nSPS) is 16.1.